The molecule has 2 unspecified atom stereocenters. The maximum absolute atomic E-state index is 13.4. The third-order valence-corrected chi connectivity index (χ3v) is 8.11. The Kier molecular flexibility index (Phi) is 8.58. The first-order valence-electron chi connectivity index (χ1n) is 12.3. The van der Waals surface area contributed by atoms with Gasteiger partial charge >= 0.3 is 5.97 Å². The molecule has 0 heterocycles. The average Bonchev–Trinajstić information content (AvgIpc) is 3.22. The smallest absolute Gasteiger partial charge is 0.335 e. The Morgan fingerprint density at radius 1 is 0.947 bits per heavy atom. The van der Waals surface area contributed by atoms with Crippen molar-refractivity contribution in [3.8, 4) is 0 Å². The quantitative estimate of drug-likeness (QED) is 0.250. The third-order valence-electron chi connectivity index (χ3n) is 6.67. The number of sulfonamides is 1. The molecule has 0 spiro atoms. The second-order valence-corrected chi connectivity index (χ2v) is 11.2. The summed E-state index contributed by atoms with van der Waals surface area (Å²) in [6.45, 7) is -0.337. The van der Waals surface area contributed by atoms with Crippen LogP contribution in [0.15, 0.2) is 83.8 Å². The van der Waals surface area contributed by atoms with Crippen molar-refractivity contribution in [1.82, 2.24) is 10.0 Å². The Bertz CT molecular complexity index is 1380. The van der Waals surface area contributed by atoms with E-state index in [0.29, 0.717) is 12.8 Å². The number of aliphatic hydroxyl groups is 2. The van der Waals surface area contributed by atoms with E-state index in [0.717, 1.165) is 16.7 Å². The number of hydrogen-bond acceptors (Lipinski definition) is 6. The molecule has 0 aliphatic heterocycles. The highest BCUT2D eigenvalue weighted by Crippen LogP contribution is 2.32. The van der Waals surface area contributed by atoms with Crippen molar-refractivity contribution < 1.29 is 33.3 Å². The van der Waals surface area contributed by atoms with Gasteiger partial charge in [-0.1, -0.05) is 54.6 Å². The van der Waals surface area contributed by atoms with Gasteiger partial charge in [0.05, 0.1) is 28.7 Å². The molecule has 0 saturated heterocycles. The van der Waals surface area contributed by atoms with Gasteiger partial charge in [-0.2, -0.15) is 0 Å². The van der Waals surface area contributed by atoms with Crippen LogP contribution in [0.4, 0.5) is 0 Å². The lowest BCUT2D eigenvalue weighted by Crippen LogP contribution is -2.41. The van der Waals surface area contributed by atoms with Crippen molar-refractivity contribution in [3.63, 3.8) is 0 Å². The fraction of sp³-hybridized carbons (Fsp3) is 0.286. The maximum Gasteiger partial charge on any atom is 0.335 e. The van der Waals surface area contributed by atoms with Crippen LogP contribution in [0.25, 0.3) is 0 Å². The zero-order valence-corrected chi connectivity index (χ0v) is 21.3. The van der Waals surface area contributed by atoms with Crippen LogP contribution in [0.3, 0.4) is 0 Å². The Labute approximate surface area is 221 Å². The molecule has 5 N–H and O–H groups in total. The number of nitrogens with one attached hydrogen (secondary N) is 2. The monoisotopic (exact) mass is 538 g/mol. The molecular weight excluding hydrogens is 508 g/mol. The van der Waals surface area contributed by atoms with Gasteiger partial charge < -0.3 is 20.6 Å². The number of fused-ring (bicyclic) bond motifs is 1. The van der Waals surface area contributed by atoms with Gasteiger partial charge in [0.1, 0.15) is 0 Å². The summed E-state index contributed by atoms with van der Waals surface area (Å²) >= 11 is 0. The van der Waals surface area contributed by atoms with E-state index in [1.165, 1.54) is 24.3 Å². The Balaban J connectivity index is 1.44. The Morgan fingerprint density at radius 3 is 2.29 bits per heavy atom. The average molecular weight is 539 g/mol. The van der Waals surface area contributed by atoms with E-state index in [2.05, 4.69) is 10.0 Å². The van der Waals surface area contributed by atoms with Gasteiger partial charge in [-0.3, -0.25) is 4.79 Å². The number of carboxylic acids is 1. The highest BCUT2D eigenvalue weighted by molar-refractivity contribution is 7.89. The number of aromatic carboxylic acids is 1. The lowest BCUT2D eigenvalue weighted by Gasteiger charge is -2.24. The third kappa shape index (κ3) is 6.65. The molecule has 3 aromatic carbocycles. The van der Waals surface area contributed by atoms with Crippen LogP contribution in [-0.4, -0.2) is 54.4 Å². The summed E-state index contributed by atoms with van der Waals surface area (Å²) in [7, 11) is -4.01. The van der Waals surface area contributed by atoms with E-state index in [9.17, 15) is 28.2 Å². The second-order valence-electron chi connectivity index (χ2n) is 9.41. The summed E-state index contributed by atoms with van der Waals surface area (Å²) in [5.74, 6) is -2.21. The molecule has 3 aromatic rings. The normalized spacial score (nSPS) is 18.4. The molecule has 0 aromatic heterocycles. The number of carbonyl (C=O) groups excluding carboxylic acids is 1. The second kappa shape index (κ2) is 11.9. The lowest BCUT2D eigenvalue weighted by atomic mass is 9.92. The number of aliphatic hydroxyl groups excluding tert-OH is 2. The molecule has 10 heteroatoms. The number of rotatable bonds is 11. The van der Waals surface area contributed by atoms with Crippen LogP contribution in [-0.2, 0) is 27.7 Å². The highest BCUT2D eigenvalue weighted by Gasteiger charge is 2.34. The first-order chi connectivity index (χ1) is 18.1. The van der Waals surface area contributed by atoms with Crippen molar-refractivity contribution in [2.75, 3.05) is 6.54 Å². The molecule has 0 bridgehead atoms. The van der Waals surface area contributed by atoms with Crippen LogP contribution >= 0.6 is 0 Å². The summed E-state index contributed by atoms with van der Waals surface area (Å²) in [5.41, 5.74) is 2.66. The molecule has 0 saturated carbocycles. The highest BCUT2D eigenvalue weighted by atomic mass is 32.2. The van der Waals surface area contributed by atoms with Gasteiger partial charge in [0, 0.05) is 18.9 Å². The fourth-order valence-corrected chi connectivity index (χ4v) is 5.75. The Hall–Kier alpha value is -3.57. The van der Waals surface area contributed by atoms with Crippen molar-refractivity contribution in [1.29, 1.82) is 0 Å². The van der Waals surface area contributed by atoms with E-state index >= 15 is 0 Å². The zero-order valence-electron chi connectivity index (χ0n) is 20.5. The van der Waals surface area contributed by atoms with Crippen LogP contribution < -0.4 is 10.0 Å². The largest absolute Gasteiger partial charge is 0.478 e. The molecule has 4 atom stereocenters. The predicted octanol–water partition coefficient (Wildman–Crippen LogP) is 2.05. The summed E-state index contributed by atoms with van der Waals surface area (Å²) in [6.07, 6.45) is -1.22. The molecule has 0 radical (unpaired) electrons. The van der Waals surface area contributed by atoms with Gasteiger partial charge in [0.25, 0.3) is 0 Å². The number of amides is 1. The number of carboxylic acid groups (broad SMARTS) is 1. The maximum atomic E-state index is 13.4. The van der Waals surface area contributed by atoms with Crippen molar-refractivity contribution in [3.05, 3.63) is 101 Å². The summed E-state index contributed by atoms with van der Waals surface area (Å²) in [4.78, 5) is 24.3. The Morgan fingerprint density at radius 2 is 1.61 bits per heavy atom. The molecule has 1 amide bonds. The molecule has 0 fully saturated rings. The van der Waals surface area contributed by atoms with Gasteiger partial charge in [0.2, 0.25) is 15.9 Å². The van der Waals surface area contributed by atoms with Gasteiger partial charge in [-0.15, -0.1) is 0 Å². The van der Waals surface area contributed by atoms with Crippen molar-refractivity contribution >= 4 is 21.9 Å². The number of benzene rings is 3. The molecule has 4 rings (SSSR count). The van der Waals surface area contributed by atoms with Crippen molar-refractivity contribution in [2.45, 2.75) is 42.4 Å². The first kappa shape index (κ1) is 27.5. The predicted molar refractivity (Wildman–Crippen MR) is 140 cm³/mol. The summed E-state index contributed by atoms with van der Waals surface area (Å²) < 4.78 is 27.6. The minimum atomic E-state index is -4.01. The van der Waals surface area contributed by atoms with E-state index in [1.807, 2.05) is 54.6 Å². The minimum absolute atomic E-state index is 0.0222. The molecule has 38 heavy (non-hydrogen) atoms. The molecular formula is C28H30N2O7S. The minimum Gasteiger partial charge on any atom is -0.478 e. The molecule has 1 aliphatic carbocycles. The van der Waals surface area contributed by atoms with Gasteiger partial charge in [-0.25, -0.2) is 17.9 Å². The van der Waals surface area contributed by atoms with E-state index < -0.39 is 40.2 Å². The van der Waals surface area contributed by atoms with E-state index in [4.69, 9.17) is 5.11 Å². The standard InChI is InChI=1S/C28H30N2O7S/c31-22(17-29-38(36,37)23-12-10-19(11-13-23)28(34)35)15-21(14-18-6-2-1-3-7-18)27(33)30-26-24-9-5-4-8-20(24)16-25(26)32/h1-13,21-22,25-26,29,31-32H,14-17H2,(H,30,33)(H,34,35)/t21-,22+,25?,26?/m1/s1. The zero-order chi connectivity index (χ0) is 27.3. The first-order valence-corrected chi connectivity index (χ1v) is 13.7. The molecule has 9 nitrogen and oxygen atoms in total. The van der Waals surface area contributed by atoms with Crippen LogP contribution in [0.5, 0.6) is 0 Å². The molecule has 200 valence electrons. The topological polar surface area (TPSA) is 153 Å². The fourth-order valence-electron chi connectivity index (χ4n) is 4.68. The summed E-state index contributed by atoms with van der Waals surface area (Å²) in [5, 5.41) is 33.2. The molecule has 1 aliphatic rings. The van der Waals surface area contributed by atoms with Crippen LogP contribution in [0.1, 0.15) is 39.5 Å². The van der Waals surface area contributed by atoms with E-state index in [1.54, 1.807) is 0 Å². The van der Waals surface area contributed by atoms with Gasteiger partial charge in [0.15, 0.2) is 0 Å². The SMILES string of the molecule is O=C(O)c1ccc(S(=O)(=O)NC[C@@H](O)C[C@@H](Cc2ccccc2)C(=O)NC2c3ccccc3CC2O)cc1. The number of carbonyl (C=O) groups is 2. The van der Waals surface area contributed by atoms with E-state index in [-0.39, 0.29) is 29.3 Å². The summed E-state index contributed by atoms with van der Waals surface area (Å²) in [6, 6.07) is 21.0. The van der Waals surface area contributed by atoms with Gasteiger partial charge in [-0.05, 0) is 53.8 Å². The van der Waals surface area contributed by atoms with Crippen LogP contribution in [0, 0.1) is 5.92 Å². The lowest BCUT2D eigenvalue weighted by molar-refractivity contribution is -0.127. The van der Waals surface area contributed by atoms with Crippen molar-refractivity contribution in [2.24, 2.45) is 5.92 Å². The van der Waals surface area contributed by atoms with Crippen LogP contribution in [0.2, 0.25) is 0 Å². The number of hydrogen-bond donors (Lipinski definition) is 5.